The van der Waals surface area contributed by atoms with Crippen molar-refractivity contribution in [2.24, 2.45) is 0 Å². The largest absolute Gasteiger partial charge is 0.385 e. The molecule has 0 heterocycles. The Hall–Kier alpha value is -1.18. The van der Waals surface area contributed by atoms with E-state index in [0.717, 1.165) is 12.2 Å². The van der Waals surface area contributed by atoms with Gasteiger partial charge in [0.15, 0.2) is 0 Å². The first kappa shape index (κ1) is 10.9. The molecule has 0 saturated heterocycles. The maximum Gasteiger partial charge on any atom is 0.0364 e. The van der Waals surface area contributed by atoms with Crippen molar-refractivity contribution in [1.29, 1.82) is 0 Å². The average Bonchev–Trinajstić information content (AvgIpc) is 2.02. The zero-order valence-corrected chi connectivity index (χ0v) is 9.52. The van der Waals surface area contributed by atoms with Gasteiger partial charge in [-0.25, -0.2) is 0 Å². The monoisotopic (exact) mass is 192 g/mol. The smallest absolute Gasteiger partial charge is 0.0364 e. The Labute approximate surface area is 86.7 Å². The van der Waals surface area contributed by atoms with E-state index in [1.165, 1.54) is 5.69 Å². The fraction of sp³-hybridized carbons (Fsp3) is 0.500. The second-order valence-corrected chi connectivity index (χ2v) is 4.49. The summed E-state index contributed by atoms with van der Waals surface area (Å²) in [7, 11) is 0. The molecule has 0 fully saturated rings. The molecule has 0 amide bonds. The van der Waals surface area contributed by atoms with Crippen LogP contribution in [0.3, 0.4) is 0 Å². The number of benzene rings is 1. The highest BCUT2D eigenvalue weighted by atomic mass is 15.0. The number of hydrogen-bond acceptors (Lipinski definition) is 2. The second kappa shape index (κ2) is 4.36. The van der Waals surface area contributed by atoms with Crippen LogP contribution < -0.4 is 10.6 Å². The van der Waals surface area contributed by atoms with Gasteiger partial charge in [-0.05, 0) is 45.9 Å². The summed E-state index contributed by atoms with van der Waals surface area (Å²) in [5, 5.41) is 6.73. The van der Waals surface area contributed by atoms with E-state index in [1.54, 1.807) is 0 Å². The lowest BCUT2D eigenvalue weighted by Crippen LogP contribution is -2.25. The Morgan fingerprint density at radius 1 is 1.14 bits per heavy atom. The molecule has 0 aromatic heterocycles. The first-order valence-corrected chi connectivity index (χ1v) is 5.13. The van der Waals surface area contributed by atoms with Crippen LogP contribution in [0.15, 0.2) is 24.3 Å². The molecular formula is C12H20N2. The lowest BCUT2D eigenvalue weighted by molar-refractivity contribution is 0.634. The first-order chi connectivity index (χ1) is 6.51. The molecule has 1 aromatic rings. The summed E-state index contributed by atoms with van der Waals surface area (Å²) in [6.07, 6.45) is 0. The van der Waals surface area contributed by atoms with Crippen molar-refractivity contribution in [3.05, 3.63) is 24.3 Å². The van der Waals surface area contributed by atoms with Gasteiger partial charge in [-0.2, -0.15) is 0 Å². The predicted molar refractivity (Wildman–Crippen MR) is 64.0 cm³/mol. The van der Waals surface area contributed by atoms with Crippen LogP contribution in [0.5, 0.6) is 0 Å². The second-order valence-electron chi connectivity index (χ2n) is 4.49. The van der Waals surface area contributed by atoms with Crippen LogP contribution in [0, 0.1) is 0 Å². The average molecular weight is 192 g/mol. The van der Waals surface area contributed by atoms with Crippen molar-refractivity contribution >= 4 is 11.4 Å². The number of rotatable bonds is 3. The van der Waals surface area contributed by atoms with E-state index in [2.05, 4.69) is 62.6 Å². The van der Waals surface area contributed by atoms with Crippen molar-refractivity contribution in [3.63, 3.8) is 0 Å². The van der Waals surface area contributed by atoms with Crippen LogP contribution in [0.25, 0.3) is 0 Å². The molecule has 78 valence electrons. The van der Waals surface area contributed by atoms with Crippen molar-refractivity contribution in [1.82, 2.24) is 0 Å². The molecule has 1 aromatic carbocycles. The molecule has 14 heavy (non-hydrogen) atoms. The standard InChI is InChI=1S/C12H20N2/c1-5-13-10-7-6-8-11(9-10)14-12(2,3)4/h6-9,13-14H,5H2,1-4H3. The van der Waals surface area contributed by atoms with Crippen molar-refractivity contribution in [3.8, 4) is 0 Å². The topological polar surface area (TPSA) is 24.1 Å². The fourth-order valence-corrected chi connectivity index (χ4v) is 1.34. The molecule has 0 aliphatic heterocycles. The van der Waals surface area contributed by atoms with Gasteiger partial charge in [-0.1, -0.05) is 6.07 Å². The lowest BCUT2D eigenvalue weighted by Gasteiger charge is -2.22. The highest BCUT2D eigenvalue weighted by Crippen LogP contribution is 2.18. The Morgan fingerprint density at radius 3 is 2.36 bits per heavy atom. The predicted octanol–water partition coefficient (Wildman–Crippen LogP) is 3.33. The number of hydrogen-bond donors (Lipinski definition) is 2. The summed E-state index contributed by atoms with van der Waals surface area (Å²) in [4.78, 5) is 0. The van der Waals surface area contributed by atoms with E-state index in [9.17, 15) is 0 Å². The van der Waals surface area contributed by atoms with Gasteiger partial charge in [0, 0.05) is 23.5 Å². The van der Waals surface area contributed by atoms with Gasteiger partial charge in [0.05, 0.1) is 0 Å². The summed E-state index contributed by atoms with van der Waals surface area (Å²) in [5.74, 6) is 0. The highest BCUT2D eigenvalue weighted by molar-refractivity contribution is 5.57. The Balaban J connectivity index is 2.73. The summed E-state index contributed by atoms with van der Waals surface area (Å²) in [6, 6.07) is 8.37. The summed E-state index contributed by atoms with van der Waals surface area (Å²) < 4.78 is 0. The van der Waals surface area contributed by atoms with E-state index in [0.29, 0.717) is 0 Å². The minimum Gasteiger partial charge on any atom is -0.385 e. The minimum atomic E-state index is 0.116. The van der Waals surface area contributed by atoms with Crippen LogP contribution in [0.1, 0.15) is 27.7 Å². The van der Waals surface area contributed by atoms with E-state index >= 15 is 0 Å². The van der Waals surface area contributed by atoms with Crippen LogP contribution in [-0.2, 0) is 0 Å². The maximum absolute atomic E-state index is 3.44. The third kappa shape index (κ3) is 3.69. The maximum atomic E-state index is 3.44. The van der Waals surface area contributed by atoms with Gasteiger partial charge in [-0.15, -0.1) is 0 Å². The molecule has 0 atom stereocenters. The molecule has 0 spiro atoms. The molecule has 2 N–H and O–H groups in total. The van der Waals surface area contributed by atoms with Crippen molar-refractivity contribution < 1.29 is 0 Å². The van der Waals surface area contributed by atoms with Crippen molar-refractivity contribution in [2.75, 3.05) is 17.2 Å². The Morgan fingerprint density at radius 2 is 1.79 bits per heavy atom. The third-order valence-electron chi connectivity index (χ3n) is 1.76. The molecular weight excluding hydrogens is 172 g/mol. The van der Waals surface area contributed by atoms with Gasteiger partial charge < -0.3 is 10.6 Å². The first-order valence-electron chi connectivity index (χ1n) is 5.13. The van der Waals surface area contributed by atoms with Crippen LogP contribution in [-0.4, -0.2) is 12.1 Å². The van der Waals surface area contributed by atoms with E-state index in [4.69, 9.17) is 0 Å². The van der Waals surface area contributed by atoms with Gasteiger partial charge in [-0.3, -0.25) is 0 Å². The van der Waals surface area contributed by atoms with E-state index < -0.39 is 0 Å². The minimum absolute atomic E-state index is 0.116. The highest BCUT2D eigenvalue weighted by Gasteiger charge is 2.08. The zero-order valence-electron chi connectivity index (χ0n) is 9.52. The molecule has 0 radical (unpaired) electrons. The summed E-state index contributed by atoms with van der Waals surface area (Å²) >= 11 is 0. The molecule has 0 aliphatic rings. The molecule has 2 heteroatoms. The fourth-order valence-electron chi connectivity index (χ4n) is 1.34. The molecule has 0 bridgehead atoms. The zero-order chi connectivity index (χ0) is 10.6. The van der Waals surface area contributed by atoms with Crippen LogP contribution in [0.2, 0.25) is 0 Å². The van der Waals surface area contributed by atoms with Crippen molar-refractivity contribution in [2.45, 2.75) is 33.2 Å². The van der Waals surface area contributed by atoms with Crippen LogP contribution in [0.4, 0.5) is 11.4 Å². The third-order valence-corrected chi connectivity index (χ3v) is 1.76. The van der Waals surface area contributed by atoms with Gasteiger partial charge in [0.25, 0.3) is 0 Å². The number of nitrogens with one attached hydrogen (secondary N) is 2. The molecule has 0 saturated carbocycles. The Bertz CT molecular complexity index is 287. The summed E-state index contributed by atoms with van der Waals surface area (Å²) in [6.45, 7) is 9.54. The van der Waals surface area contributed by atoms with E-state index in [-0.39, 0.29) is 5.54 Å². The Kier molecular flexibility index (Phi) is 3.39. The lowest BCUT2D eigenvalue weighted by atomic mass is 10.1. The molecule has 1 rings (SSSR count). The van der Waals surface area contributed by atoms with Gasteiger partial charge in [0.2, 0.25) is 0 Å². The van der Waals surface area contributed by atoms with Gasteiger partial charge >= 0.3 is 0 Å². The summed E-state index contributed by atoms with van der Waals surface area (Å²) in [5.41, 5.74) is 2.45. The quantitative estimate of drug-likeness (QED) is 0.767. The van der Waals surface area contributed by atoms with Gasteiger partial charge in [0.1, 0.15) is 0 Å². The molecule has 0 unspecified atom stereocenters. The SMILES string of the molecule is CCNc1cccc(NC(C)(C)C)c1. The van der Waals surface area contributed by atoms with Crippen LogP contribution >= 0.6 is 0 Å². The van der Waals surface area contributed by atoms with E-state index in [1.807, 2.05) is 0 Å². The molecule has 0 aliphatic carbocycles. The normalized spacial score (nSPS) is 11.1. The molecule has 2 nitrogen and oxygen atoms in total. The number of anilines is 2.